The van der Waals surface area contributed by atoms with Crippen molar-refractivity contribution < 1.29 is 24.2 Å². The van der Waals surface area contributed by atoms with Gasteiger partial charge in [0.1, 0.15) is 5.60 Å². The van der Waals surface area contributed by atoms with Crippen LogP contribution < -0.4 is 10.0 Å². The molecule has 0 aromatic heterocycles. The first kappa shape index (κ1) is 14.0. The third kappa shape index (κ3) is 1.42. The minimum Gasteiger partial charge on any atom is -0.550 e. The van der Waals surface area contributed by atoms with Gasteiger partial charge in [-0.05, 0) is 12.5 Å². The Morgan fingerprint density at radius 1 is 1.32 bits per heavy atom. The average molecular weight is 338 g/mol. The second-order valence-electron chi connectivity index (χ2n) is 7.57. The summed E-state index contributed by atoms with van der Waals surface area (Å²) < 4.78 is 12.2. The Bertz CT molecular complexity index is 850. The molecule has 25 heavy (non-hydrogen) atoms. The van der Waals surface area contributed by atoms with Crippen molar-refractivity contribution in [3.63, 3.8) is 0 Å². The Hall–Kier alpha value is -2.18. The molecule has 3 fully saturated rings. The van der Waals surface area contributed by atoms with Gasteiger partial charge in [0.2, 0.25) is 5.91 Å². The number of fused-ring (bicyclic) bond motifs is 7. The van der Waals surface area contributed by atoms with Crippen LogP contribution in [0, 0.1) is 17.8 Å². The summed E-state index contributed by atoms with van der Waals surface area (Å²) in [5.41, 5.74) is 0.952. The zero-order valence-electron chi connectivity index (χ0n) is 13.3. The summed E-state index contributed by atoms with van der Waals surface area (Å²) in [6.45, 7) is 0.639. The summed E-state index contributed by atoms with van der Waals surface area (Å²) in [7, 11) is 0. The third-order valence-electron chi connectivity index (χ3n) is 6.65. The maximum atomic E-state index is 13.4. The van der Waals surface area contributed by atoms with Gasteiger partial charge >= 0.3 is 0 Å². The molecule has 1 aromatic carbocycles. The highest BCUT2D eigenvalue weighted by Gasteiger charge is 2.73. The van der Waals surface area contributed by atoms with E-state index in [0.29, 0.717) is 6.61 Å². The topological polar surface area (TPSA) is 78.9 Å². The molecule has 0 N–H and O–H groups in total. The summed E-state index contributed by atoms with van der Waals surface area (Å²) in [6.07, 6.45) is 3.91. The zero-order chi connectivity index (χ0) is 16.9. The molecule has 5 aliphatic heterocycles. The van der Waals surface area contributed by atoms with Crippen LogP contribution in [0.15, 0.2) is 36.4 Å². The van der Waals surface area contributed by atoms with Gasteiger partial charge in [0, 0.05) is 35.7 Å². The molecule has 5 heterocycles. The first-order valence-corrected chi connectivity index (χ1v) is 8.75. The van der Waals surface area contributed by atoms with Crippen molar-refractivity contribution in [1.29, 1.82) is 0 Å². The molecule has 1 spiro atoms. The SMILES string of the molecule is O=C([O-])C1C2C=CC3(O2)C1C(=O)N1c2ccccc2C2OCCC2C13. The van der Waals surface area contributed by atoms with E-state index < -0.39 is 29.5 Å². The van der Waals surface area contributed by atoms with Gasteiger partial charge in [-0.15, -0.1) is 0 Å². The number of carboxylic acid groups (broad SMARTS) is 1. The fourth-order valence-electron chi connectivity index (χ4n) is 5.85. The molecule has 3 saturated heterocycles. The molecule has 5 aliphatic rings. The highest BCUT2D eigenvalue weighted by molar-refractivity contribution is 6.04. The normalized spacial score (nSPS) is 45.3. The predicted molar refractivity (Wildman–Crippen MR) is 83.2 cm³/mol. The Labute approximate surface area is 144 Å². The smallest absolute Gasteiger partial charge is 0.234 e. The molecule has 2 bridgehead atoms. The van der Waals surface area contributed by atoms with Crippen molar-refractivity contribution >= 4 is 17.6 Å². The number of para-hydroxylation sites is 1. The van der Waals surface area contributed by atoms with Crippen molar-refractivity contribution in [2.75, 3.05) is 11.5 Å². The molecular formula is C19H16NO5-. The largest absolute Gasteiger partial charge is 0.550 e. The van der Waals surface area contributed by atoms with Crippen LogP contribution >= 0.6 is 0 Å². The van der Waals surface area contributed by atoms with E-state index in [1.807, 2.05) is 30.3 Å². The standard InChI is InChI=1S/C19H17NO5/c21-17-14-13(18(22)23)12-5-7-19(14,25-12)16-10-6-8-24-15(10)9-3-1-2-4-11(9)20(16)17/h1-5,7,10,12-16H,6,8H2,(H,22,23)/p-1. The molecular weight excluding hydrogens is 322 g/mol. The molecule has 1 aromatic rings. The van der Waals surface area contributed by atoms with Crippen LogP contribution in [0.1, 0.15) is 18.1 Å². The van der Waals surface area contributed by atoms with Gasteiger partial charge < -0.3 is 24.3 Å². The number of hydrogen-bond donors (Lipinski definition) is 0. The van der Waals surface area contributed by atoms with Gasteiger partial charge in [-0.2, -0.15) is 0 Å². The van der Waals surface area contributed by atoms with Crippen LogP contribution in [0.3, 0.4) is 0 Å². The molecule has 7 unspecified atom stereocenters. The lowest BCUT2D eigenvalue weighted by Crippen LogP contribution is -2.53. The molecule has 0 saturated carbocycles. The third-order valence-corrected chi connectivity index (χ3v) is 6.65. The van der Waals surface area contributed by atoms with Gasteiger partial charge in [0.15, 0.2) is 0 Å². The first-order valence-electron chi connectivity index (χ1n) is 8.75. The fourth-order valence-corrected chi connectivity index (χ4v) is 5.85. The van der Waals surface area contributed by atoms with Gasteiger partial charge in [-0.1, -0.05) is 30.4 Å². The van der Waals surface area contributed by atoms with Crippen LogP contribution in [-0.2, 0) is 19.1 Å². The Balaban J connectivity index is 1.59. The first-order chi connectivity index (χ1) is 12.1. The van der Waals surface area contributed by atoms with Crippen LogP contribution in [0.5, 0.6) is 0 Å². The number of rotatable bonds is 1. The molecule has 0 aliphatic carbocycles. The molecule has 6 rings (SSSR count). The molecule has 128 valence electrons. The van der Waals surface area contributed by atoms with Crippen LogP contribution in [0.2, 0.25) is 0 Å². The van der Waals surface area contributed by atoms with E-state index in [2.05, 4.69) is 0 Å². The molecule has 7 atom stereocenters. The number of carbonyl (C=O) groups excluding carboxylic acids is 2. The van der Waals surface area contributed by atoms with E-state index >= 15 is 0 Å². The van der Waals surface area contributed by atoms with Crippen molar-refractivity contribution in [1.82, 2.24) is 0 Å². The average Bonchev–Trinajstić information content (AvgIpc) is 3.35. The van der Waals surface area contributed by atoms with E-state index in [4.69, 9.17) is 9.47 Å². The number of carboxylic acids is 1. The lowest BCUT2D eigenvalue weighted by Gasteiger charge is -2.43. The maximum Gasteiger partial charge on any atom is 0.234 e. The molecule has 6 heteroatoms. The van der Waals surface area contributed by atoms with E-state index in [1.165, 1.54) is 0 Å². The minimum atomic E-state index is -1.21. The van der Waals surface area contributed by atoms with Crippen LogP contribution in [0.25, 0.3) is 0 Å². The number of anilines is 1. The molecule has 1 amide bonds. The second kappa shape index (κ2) is 4.31. The zero-order valence-corrected chi connectivity index (χ0v) is 13.3. The van der Waals surface area contributed by atoms with Gasteiger partial charge in [0.05, 0.1) is 24.2 Å². The maximum absolute atomic E-state index is 13.4. The number of aliphatic carboxylic acids is 1. The number of hydrogen-bond acceptors (Lipinski definition) is 5. The monoisotopic (exact) mass is 338 g/mol. The van der Waals surface area contributed by atoms with Gasteiger partial charge in [-0.25, -0.2) is 0 Å². The quantitative estimate of drug-likeness (QED) is 0.683. The highest BCUT2D eigenvalue weighted by Crippen LogP contribution is 2.62. The van der Waals surface area contributed by atoms with Crippen LogP contribution in [-0.4, -0.2) is 36.2 Å². The number of nitrogens with zero attached hydrogens (tertiary/aromatic N) is 1. The Morgan fingerprint density at radius 2 is 2.16 bits per heavy atom. The summed E-state index contributed by atoms with van der Waals surface area (Å²) in [4.78, 5) is 26.9. The highest BCUT2D eigenvalue weighted by atomic mass is 16.5. The molecule has 0 radical (unpaired) electrons. The minimum absolute atomic E-state index is 0.0728. The van der Waals surface area contributed by atoms with Crippen molar-refractivity contribution in [3.05, 3.63) is 42.0 Å². The van der Waals surface area contributed by atoms with Gasteiger partial charge in [0.25, 0.3) is 0 Å². The van der Waals surface area contributed by atoms with Crippen molar-refractivity contribution in [3.8, 4) is 0 Å². The van der Waals surface area contributed by atoms with E-state index in [-0.39, 0.29) is 24.0 Å². The summed E-state index contributed by atoms with van der Waals surface area (Å²) in [5.74, 6) is -2.90. The van der Waals surface area contributed by atoms with E-state index in [9.17, 15) is 14.7 Å². The van der Waals surface area contributed by atoms with Crippen molar-refractivity contribution in [2.45, 2.75) is 30.3 Å². The second-order valence-corrected chi connectivity index (χ2v) is 7.57. The van der Waals surface area contributed by atoms with Gasteiger partial charge in [-0.3, -0.25) is 4.79 Å². The summed E-state index contributed by atoms with van der Waals surface area (Å²) in [5, 5.41) is 11.7. The van der Waals surface area contributed by atoms with E-state index in [1.54, 1.807) is 11.0 Å². The number of ether oxygens (including phenoxy) is 2. The molecule has 6 nitrogen and oxygen atoms in total. The predicted octanol–water partition coefficient (Wildman–Crippen LogP) is 0.183. The lowest BCUT2D eigenvalue weighted by atomic mass is 9.70. The summed E-state index contributed by atoms with van der Waals surface area (Å²) in [6, 6.07) is 7.54. The fraction of sp³-hybridized carbons (Fsp3) is 0.474. The lowest BCUT2D eigenvalue weighted by molar-refractivity contribution is -0.313. The summed E-state index contributed by atoms with van der Waals surface area (Å²) >= 11 is 0. The number of amides is 1. The Kier molecular flexibility index (Phi) is 2.42. The van der Waals surface area contributed by atoms with Crippen molar-refractivity contribution in [2.24, 2.45) is 17.8 Å². The number of carbonyl (C=O) groups is 2. The van der Waals surface area contributed by atoms with Crippen LogP contribution in [0.4, 0.5) is 5.69 Å². The van der Waals surface area contributed by atoms with E-state index in [0.717, 1.165) is 17.7 Å². The Morgan fingerprint density at radius 3 is 3.00 bits per heavy atom. The number of benzene rings is 1.